The zero-order valence-corrected chi connectivity index (χ0v) is 18.5. The van der Waals surface area contributed by atoms with Crippen molar-refractivity contribution >= 4 is 27.8 Å². The number of hydrogen-bond acceptors (Lipinski definition) is 3. The Hall–Kier alpha value is -3.83. The molecule has 33 heavy (non-hydrogen) atoms. The highest BCUT2D eigenvalue weighted by Crippen LogP contribution is 2.21. The van der Waals surface area contributed by atoms with Crippen molar-refractivity contribution < 1.29 is 9.21 Å². The molecule has 5 aromatic rings. The Balaban J connectivity index is 1.36. The summed E-state index contributed by atoms with van der Waals surface area (Å²) >= 11 is 0. The predicted octanol–water partition coefficient (Wildman–Crippen LogP) is 5.49. The SMILES string of the molecule is C[C@H](NC(=O)C(Cc1c[nH]c2ccccc12)NCc1cc2ccccc2o1)c1ccccc1. The summed E-state index contributed by atoms with van der Waals surface area (Å²) in [5.41, 5.74) is 4.11. The van der Waals surface area contributed by atoms with Crippen LogP contribution in [-0.2, 0) is 17.8 Å². The minimum absolute atomic E-state index is 0.0345. The third-order valence-electron chi connectivity index (χ3n) is 6.07. The summed E-state index contributed by atoms with van der Waals surface area (Å²) in [6, 6.07) is 27.6. The van der Waals surface area contributed by atoms with Crippen molar-refractivity contribution in [2.24, 2.45) is 0 Å². The first-order valence-corrected chi connectivity index (χ1v) is 11.3. The Morgan fingerprint density at radius 2 is 1.73 bits per heavy atom. The van der Waals surface area contributed by atoms with Crippen LogP contribution in [-0.4, -0.2) is 16.9 Å². The fraction of sp³-hybridized carbons (Fsp3) is 0.179. The molecule has 0 saturated carbocycles. The van der Waals surface area contributed by atoms with Gasteiger partial charge in [0.1, 0.15) is 11.3 Å². The molecule has 166 valence electrons. The van der Waals surface area contributed by atoms with E-state index in [1.807, 2.05) is 92.0 Å². The van der Waals surface area contributed by atoms with Crippen LogP contribution in [0.15, 0.2) is 95.5 Å². The van der Waals surface area contributed by atoms with Crippen molar-refractivity contribution in [2.75, 3.05) is 0 Å². The number of hydrogen-bond donors (Lipinski definition) is 3. The number of carbonyl (C=O) groups is 1. The molecular formula is C28H27N3O2. The van der Waals surface area contributed by atoms with Gasteiger partial charge in [-0.1, -0.05) is 66.7 Å². The van der Waals surface area contributed by atoms with Gasteiger partial charge in [-0.05, 0) is 42.7 Å². The number of nitrogens with one attached hydrogen (secondary N) is 3. The molecule has 5 heteroatoms. The molecule has 0 aliphatic heterocycles. The topological polar surface area (TPSA) is 70.1 Å². The fourth-order valence-electron chi connectivity index (χ4n) is 4.26. The van der Waals surface area contributed by atoms with Crippen LogP contribution < -0.4 is 10.6 Å². The van der Waals surface area contributed by atoms with E-state index in [1.54, 1.807) is 0 Å². The summed E-state index contributed by atoms with van der Waals surface area (Å²) in [6.07, 6.45) is 2.56. The first-order valence-electron chi connectivity index (χ1n) is 11.3. The van der Waals surface area contributed by atoms with Crippen LogP contribution in [0.1, 0.15) is 29.9 Å². The molecule has 0 radical (unpaired) electrons. The van der Waals surface area contributed by atoms with Crippen molar-refractivity contribution in [1.82, 2.24) is 15.6 Å². The van der Waals surface area contributed by atoms with Gasteiger partial charge >= 0.3 is 0 Å². The van der Waals surface area contributed by atoms with Crippen LogP contribution in [0.4, 0.5) is 0 Å². The second-order valence-corrected chi connectivity index (χ2v) is 8.39. The molecule has 0 aliphatic rings. The monoisotopic (exact) mass is 437 g/mol. The zero-order valence-electron chi connectivity index (χ0n) is 18.5. The van der Waals surface area contributed by atoms with Gasteiger partial charge in [-0.2, -0.15) is 0 Å². The standard InChI is InChI=1S/C28H27N3O2/c1-19(20-9-3-2-4-10-20)31-28(32)26(16-22-17-29-25-13-7-6-12-24(22)25)30-18-23-15-21-11-5-8-14-27(21)33-23/h2-15,17,19,26,29-30H,16,18H2,1H3,(H,31,32)/t19-,26?/m0/s1. The van der Waals surface area contributed by atoms with Crippen LogP contribution in [0.5, 0.6) is 0 Å². The third kappa shape index (κ3) is 4.69. The Morgan fingerprint density at radius 1 is 0.970 bits per heavy atom. The number of fused-ring (bicyclic) bond motifs is 2. The number of rotatable bonds is 8. The minimum atomic E-state index is -0.413. The van der Waals surface area contributed by atoms with Crippen molar-refractivity contribution in [3.63, 3.8) is 0 Å². The fourth-order valence-corrected chi connectivity index (χ4v) is 4.26. The van der Waals surface area contributed by atoms with Gasteiger partial charge in [0, 0.05) is 22.5 Å². The highest BCUT2D eigenvalue weighted by Gasteiger charge is 2.22. The average Bonchev–Trinajstić information content (AvgIpc) is 3.46. The van der Waals surface area contributed by atoms with E-state index in [9.17, 15) is 4.79 Å². The first-order chi connectivity index (χ1) is 16.2. The van der Waals surface area contributed by atoms with Crippen molar-refractivity contribution in [1.29, 1.82) is 0 Å². The van der Waals surface area contributed by atoms with Crippen molar-refractivity contribution in [3.05, 3.63) is 108 Å². The van der Waals surface area contributed by atoms with Gasteiger partial charge in [-0.25, -0.2) is 0 Å². The van der Waals surface area contributed by atoms with Gasteiger partial charge in [0.2, 0.25) is 5.91 Å². The molecular weight excluding hydrogens is 410 g/mol. The van der Waals surface area contributed by atoms with Gasteiger partial charge < -0.3 is 14.7 Å². The maximum Gasteiger partial charge on any atom is 0.237 e. The lowest BCUT2D eigenvalue weighted by Gasteiger charge is -2.21. The second kappa shape index (κ2) is 9.35. The van der Waals surface area contributed by atoms with E-state index >= 15 is 0 Å². The summed E-state index contributed by atoms with van der Waals surface area (Å²) in [5.74, 6) is 0.775. The molecule has 3 N–H and O–H groups in total. The molecule has 2 heterocycles. The molecule has 2 atom stereocenters. The minimum Gasteiger partial charge on any atom is -0.460 e. The van der Waals surface area contributed by atoms with E-state index in [1.165, 1.54) is 0 Å². The van der Waals surface area contributed by atoms with Crippen molar-refractivity contribution in [3.8, 4) is 0 Å². The lowest BCUT2D eigenvalue weighted by Crippen LogP contribution is -2.46. The molecule has 1 amide bonds. The lowest BCUT2D eigenvalue weighted by atomic mass is 10.0. The first kappa shape index (κ1) is 21.0. The molecule has 0 fully saturated rings. The normalized spacial score (nSPS) is 13.2. The van der Waals surface area contributed by atoms with E-state index in [-0.39, 0.29) is 11.9 Å². The van der Waals surface area contributed by atoms with Crippen LogP contribution >= 0.6 is 0 Å². The predicted molar refractivity (Wildman–Crippen MR) is 132 cm³/mol. The molecule has 0 spiro atoms. The number of aromatic nitrogens is 1. The van der Waals surface area contributed by atoms with E-state index in [0.717, 1.165) is 38.8 Å². The van der Waals surface area contributed by atoms with Gasteiger partial charge in [0.05, 0.1) is 18.6 Å². The van der Waals surface area contributed by atoms with Crippen LogP contribution in [0.2, 0.25) is 0 Å². The number of amides is 1. The second-order valence-electron chi connectivity index (χ2n) is 8.39. The molecule has 0 bridgehead atoms. The smallest absolute Gasteiger partial charge is 0.237 e. The van der Waals surface area contributed by atoms with Gasteiger partial charge in [0.15, 0.2) is 0 Å². The van der Waals surface area contributed by atoms with Gasteiger partial charge in [0.25, 0.3) is 0 Å². The highest BCUT2D eigenvalue weighted by molar-refractivity contribution is 5.86. The van der Waals surface area contributed by atoms with Gasteiger partial charge in [-0.15, -0.1) is 0 Å². The maximum absolute atomic E-state index is 13.4. The zero-order chi connectivity index (χ0) is 22.6. The molecule has 1 unspecified atom stereocenters. The highest BCUT2D eigenvalue weighted by atomic mass is 16.3. The molecule has 2 aromatic heterocycles. The molecule has 5 nitrogen and oxygen atoms in total. The number of benzene rings is 3. The summed E-state index contributed by atoms with van der Waals surface area (Å²) in [4.78, 5) is 16.7. The van der Waals surface area contributed by atoms with E-state index in [2.05, 4.69) is 21.7 Å². The molecule has 0 saturated heterocycles. The number of H-pyrrole nitrogens is 1. The third-order valence-corrected chi connectivity index (χ3v) is 6.07. The number of aromatic amines is 1. The number of carbonyl (C=O) groups excluding carboxylic acids is 1. The Morgan fingerprint density at radius 3 is 2.58 bits per heavy atom. The summed E-state index contributed by atoms with van der Waals surface area (Å²) < 4.78 is 5.95. The van der Waals surface area contributed by atoms with Crippen LogP contribution in [0, 0.1) is 0 Å². The number of para-hydroxylation sites is 2. The molecule has 5 rings (SSSR count). The van der Waals surface area contributed by atoms with E-state index < -0.39 is 6.04 Å². The Kier molecular flexibility index (Phi) is 5.96. The lowest BCUT2D eigenvalue weighted by molar-refractivity contribution is -0.123. The van der Waals surface area contributed by atoms with Crippen LogP contribution in [0.25, 0.3) is 21.9 Å². The average molecular weight is 438 g/mol. The summed E-state index contributed by atoms with van der Waals surface area (Å²) in [6.45, 7) is 2.48. The Bertz CT molecular complexity index is 1340. The number of furan rings is 1. The molecule has 0 aliphatic carbocycles. The Labute approximate surface area is 192 Å². The van der Waals surface area contributed by atoms with E-state index in [0.29, 0.717) is 13.0 Å². The summed E-state index contributed by atoms with van der Waals surface area (Å²) in [5, 5.41) is 8.81. The van der Waals surface area contributed by atoms with Crippen molar-refractivity contribution in [2.45, 2.75) is 32.0 Å². The molecule has 3 aromatic carbocycles. The largest absolute Gasteiger partial charge is 0.460 e. The van der Waals surface area contributed by atoms with Crippen LogP contribution in [0.3, 0.4) is 0 Å². The quantitative estimate of drug-likeness (QED) is 0.301. The van der Waals surface area contributed by atoms with E-state index in [4.69, 9.17) is 4.42 Å². The maximum atomic E-state index is 13.4. The summed E-state index contributed by atoms with van der Waals surface area (Å²) in [7, 11) is 0. The van der Waals surface area contributed by atoms with Gasteiger partial charge in [-0.3, -0.25) is 10.1 Å².